The quantitative estimate of drug-likeness (QED) is 0.658. The topological polar surface area (TPSA) is 68.2 Å². The monoisotopic (exact) mass is 426 g/mol. The number of amides is 1. The van der Waals surface area contributed by atoms with Crippen molar-refractivity contribution < 1.29 is 13.6 Å². The summed E-state index contributed by atoms with van der Waals surface area (Å²) in [6.45, 7) is 0. The average Bonchev–Trinajstić information content (AvgIpc) is 3.20. The zero-order chi connectivity index (χ0) is 22.2. The smallest absolute Gasteiger partial charge is 0.268 e. The Morgan fingerprint density at radius 3 is 2.41 bits per heavy atom. The van der Waals surface area contributed by atoms with Gasteiger partial charge in [-0.1, -0.05) is 42.5 Å². The third kappa shape index (κ3) is 3.33. The van der Waals surface area contributed by atoms with Crippen molar-refractivity contribution in [3.05, 3.63) is 119 Å². The van der Waals surface area contributed by atoms with Crippen molar-refractivity contribution in [3.63, 3.8) is 0 Å². The molecule has 0 fully saturated rings. The van der Waals surface area contributed by atoms with E-state index in [-0.39, 0.29) is 11.5 Å². The maximum atomic E-state index is 14.9. The van der Waals surface area contributed by atoms with E-state index in [1.54, 1.807) is 24.3 Å². The molecule has 0 aliphatic carbocycles. The predicted octanol–water partition coefficient (Wildman–Crippen LogP) is 4.24. The predicted molar refractivity (Wildman–Crippen MR) is 115 cm³/mol. The lowest BCUT2D eigenvalue weighted by Crippen LogP contribution is -2.44. The van der Waals surface area contributed by atoms with Crippen LogP contribution in [0.3, 0.4) is 0 Å². The van der Waals surface area contributed by atoms with Gasteiger partial charge in [0.1, 0.15) is 17.5 Å². The van der Waals surface area contributed by atoms with Gasteiger partial charge in [-0.15, -0.1) is 0 Å². The molecule has 32 heavy (non-hydrogen) atoms. The molecule has 7 heteroatoms. The van der Waals surface area contributed by atoms with Crippen LogP contribution in [-0.2, 0) is 4.79 Å². The van der Waals surface area contributed by atoms with Crippen molar-refractivity contribution in [2.24, 2.45) is 0 Å². The maximum Gasteiger partial charge on any atom is 0.268 e. The minimum absolute atomic E-state index is 0.187. The summed E-state index contributed by atoms with van der Waals surface area (Å²) in [6, 6.07) is 21.0. The minimum Gasteiger partial charge on any atom is -0.340 e. The molecule has 0 bridgehead atoms. The molecular weight excluding hydrogens is 410 g/mol. The van der Waals surface area contributed by atoms with E-state index in [0.717, 1.165) is 11.6 Å². The van der Waals surface area contributed by atoms with E-state index in [9.17, 15) is 13.6 Å². The summed E-state index contributed by atoms with van der Waals surface area (Å²) in [5.74, 6) is -1.37. The summed E-state index contributed by atoms with van der Waals surface area (Å²) in [4.78, 5) is 13.0. The van der Waals surface area contributed by atoms with E-state index in [1.807, 2.05) is 30.3 Å². The molecule has 0 radical (unpaired) electrons. The number of carbonyl (C=O) groups excluding carboxylic acids is 1. The van der Waals surface area contributed by atoms with Crippen molar-refractivity contribution >= 4 is 17.2 Å². The number of nitriles is 1. The van der Waals surface area contributed by atoms with Gasteiger partial charge < -0.3 is 5.32 Å². The summed E-state index contributed by atoms with van der Waals surface area (Å²) < 4.78 is 28.5. The van der Waals surface area contributed by atoms with Crippen LogP contribution in [0, 0.1) is 23.0 Å². The highest BCUT2D eigenvalue weighted by molar-refractivity contribution is 6.00. The van der Waals surface area contributed by atoms with Crippen LogP contribution < -0.4 is 10.7 Å². The van der Waals surface area contributed by atoms with E-state index in [2.05, 4.69) is 16.8 Å². The Labute approximate surface area is 182 Å². The molecule has 3 aromatic rings. The van der Waals surface area contributed by atoms with E-state index in [4.69, 9.17) is 5.26 Å². The van der Waals surface area contributed by atoms with Crippen LogP contribution >= 0.6 is 0 Å². The number of benzene rings is 3. The Balaban J connectivity index is 1.65. The molecule has 0 saturated heterocycles. The lowest BCUT2D eigenvalue weighted by Gasteiger charge is -2.27. The number of fused-ring (bicyclic) bond motifs is 1. The van der Waals surface area contributed by atoms with Gasteiger partial charge >= 0.3 is 0 Å². The summed E-state index contributed by atoms with van der Waals surface area (Å²) in [7, 11) is 0. The largest absolute Gasteiger partial charge is 0.340 e. The Hall–Kier alpha value is -4.28. The van der Waals surface area contributed by atoms with E-state index < -0.39 is 17.7 Å². The first kappa shape index (κ1) is 19.7. The fourth-order valence-corrected chi connectivity index (χ4v) is 3.92. The van der Waals surface area contributed by atoms with Crippen molar-refractivity contribution in [2.75, 3.05) is 0 Å². The van der Waals surface area contributed by atoms with E-state index in [1.165, 1.54) is 23.2 Å². The first-order valence-electron chi connectivity index (χ1n) is 9.89. The highest BCUT2D eigenvalue weighted by Gasteiger charge is 2.39. The highest BCUT2D eigenvalue weighted by Crippen LogP contribution is 2.41. The zero-order valence-corrected chi connectivity index (χ0v) is 16.6. The molecule has 1 amide bonds. The van der Waals surface area contributed by atoms with Crippen LogP contribution in [0.15, 0.2) is 84.7 Å². The standard InChI is InChI=1S/C25H16F2N4O/c26-18-10-11-19(20(27)12-18)23-24(17-4-2-1-3-5-17)30-31-22(32)13-21(29-25(23)31)16-8-6-15(14-28)7-9-16/h1-13,24,29-30H. The van der Waals surface area contributed by atoms with Crippen LogP contribution in [-0.4, -0.2) is 10.9 Å². The first-order chi connectivity index (χ1) is 15.5. The Bertz CT molecular complexity index is 1320. The molecule has 0 spiro atoms. The zero-order valence-electron chi connectivity index (χ0n) is 16.6. The van der Waals surface area contributed by atoms with Crippen molar-refractivity contribution in [1.29, 1.82) is 5.26 Å². The van der Waals surface area contributed by atoms with E-state index in [0.29, 0.717) is 28.2 Å². The molecule has 0 aromatic heterocycles. The molecule has 3 aromatic carbocycles. The second kappa shape index (κ2) is 7.76. The van der Waals surface area contributed by atoms with Gasteiger partial charge in [0.15, 0.2) is 0 Å². The van der Waals surface area contributed by atoms with Gasteiger partial charge in [-0.2, -0.15) is 5.26 Å². The number of carbonyl (C=O) groups is 1. The third-order valence-corrected chi connectivity index (χ3v) is 5.45. The van der Waals surface area contributed by atoms with Crippen LogP contribution in [0.25, 0.3) is 11.3 Å². The Morgan fingerprint density at radius 1 is 0.969 bits per heavy atom. The number of hydrogen-bond donors (Lipinski definition) is 2. The van der Waals surface area contributed by atoms with Gasteiger partial charge in [0, 0.05) is 23.3 Å². The SMILES string of the molecule is N#Cc1ccc(C2=CC(=O)N3NC(c4ccccc4)C(c4ccc(F)cc4F)=C3N2)cc1. The van der Waals surface area contributed by atoms with E-state index >= 15 is 0 Å². The second-order valence-electron chi connectivity index (χ2n) is 7.41. The number of nitrogens with zero attached hydrogens (tertiary/aromatic N) is 2. The normalized spacial score (nSPS) is 17.5. The molecule has 0 saturated carbocycles. The number of hydrazine groups is 1. The molecule has 1 atom stereocenters. The molecule has 5 nitrogen and oxygen atoms in total. The molecule has 2 N–H and O–H groups in total. The van der Waals surface area contributed by atoms with Gasteiger partial charge in [0.05, 0.1) is 23.4 Å². The number of halogens is 2. The van der Waals surface area contributed by atoms with Gasteiger partial charge in [0.2, 0.25) is 0 Å². The van der Waals surface area contributed by atoms with Crippen LogP contribution in [0.1, 0.15) is 28.3 Å². The number of rotatable bonds is 3. The van der Waals surface area contributed by atoms with Gasteiger partial charge in [-0.25, -0.2) is 19.2 Å². The first-order valence-corrected chi connectivity index (χ1v) is 9.89. The van der Waals surface area contributed by atoms with Crippen LogP contribution in [0.4, 0.5) is 8.78 Å². The summed E-state index contributed by atoms with van der Waals surface area (Å²) in [6.07, 6.45) is 1.43. The fourth-order valence-electron chi connectivity index (χ4n) is 3.92. The molecule has 2 aliphatic rings. The molecular formula is C25H16F2N4O. The average molecular weight is 426 g/mol. The lowest BCUT2D eigenvalue weighted by atomic mass is 9.93. The summed E-state index contributed by atoms with van der Waals surface area (Å²) in [5, 5.41) is 13.6. The second-order valence-corrected chi connectivity index (χ2v) is 7.41. The van der Waals surface area contributed by atoms with Crippen LogP contribution in [0.2, 0.25) is 0 Å². The third-order valence-electron chi connectivity index (χ3n) is 5.45. The van der Waals surface area contributed by atoms with Crippen LogP contribution in [0.5, 0.6) is 0 Å². The van der Waals surface area contributed by atoms with Gasteiger partial charge in [-0.3, -0.25) is 4.79 Å². The molecule has 156 valence electrons. The Morgan fingerprint density at radius 2 is 1.72 bits per heavy atom. The molecule has 2 heterocycles. The molecule has 2 aliphatic heterocycles. The number of hydrogen-bond acceptors (Lipinski definition) is 4. The molecule has 1 unspecified atom stereocenters. The lowest BCUT2D eigenvalue weighted by molar-refractivity contribution is -0.127. The van der Waals surface area contributed by atoms with Crippen molar-refractivity contribution in [2.45, 2.75) is 6.04 Å². The van der Waals surface area contributed by atoms with Crippen molar-refractivity contribution in [1.82, 2.24) is 15.8 Å². The minimum atomic E-state index is -0.721. The van der Waals surface area contributed by atoms with Gasteiger partial charge in [-0.05, 0) is 35.4 Å². The number of nitrogens with one attached hydrogen (secondary N) is 2. The fraction of sp³-hybridized carbons (Fsp3) is 0.0400. The van der Waals surface area contributed by atoms with Crippen molar-refractivity contribution in [3.8, 4) is 6.07 Å². The molecule has 5 rings (SSSR count). The highest BCUT2D eigenvalue weighted by atomic mass is 19.1. The summed E-state index contributed by atoms with van der Waals surface area (Å²) >= 11 is 0. The summed E-state index contributed by atoms with van der Waals surface area (Å²) in [5.41, 5.74) is 6.35. The van der Waals surface area contributed by atoms with Gasteiger partial charge in [0.25, 0.3) is 5.91 Å². The maximum absolute atomic E-state index is 14.9. The Kier molecular flexibility index (Phi) is 4.77.